The highest BCUT2D eigenvalue weighted by molar-refractivity contribution is 7.49. The van der Waals surface area contributed by atoms with Crippen LogP contribution in [0.25, 0.3) is 0 Å². The highest BCUT2D eigenvalue weighted by atomic mass is 31.2. The highest BCUT2D eigenvalue weighted by Gasteiger charge is 2.44. The number of rotatable bonds is 21. The standard InChI is InChI=1S/C57H99O7PSi3/c1-40-34-43(4)49(55(16,17)28-31-59-66(22,23)52(7,8)9)46(37-40)62-65(58,63-47-38-41(2)35-44(5)50(47)56(18,19)29-32-60-67(24,25)53(10,11)12)64-48-39-42(3)36-45(6)51(48)57(20,21)30-33-61-68(26,27)54(13,14)15/h34-39H,28-33H2,1-27H3. The first-order valence-corrected chi connectivity index (χ1v) is 35.5. The van der Waals surface area contributed by atoms with Gasteiger partial charge in [0.15, 0.2) is 25.0 Å². The third kappa shape index (κ3) is 14.9. The van der Waals surface area contributed by atoms with Crippen molar-refractivity contribution in [1.29, 1.82) is 0 Å². The first-order valence-electron chi connectivity index (χ1n) is 25.3. The van der Waals surface area contributed by atoms with Crippen LogP contribution in [-0.2, 0) is 34.1 Å². The summed E-state index contributed by atoms with van der Waals surface area (Å²) in [5.74, 6) is 1.47. The van der Waals surface area contributed by atoms with E-state index in [0.29, 0.717) is 37.1 Å². The van der Waals surface area contributed by atoms with Crippen LogP contribution in [0.1, 0.15) is 173 Å². The van der Waals surface area contributed by atoms with E-state index in [1.54, 1.807) is 0 Å². The van der Waals surface area contributed by atoms with E-state index in [1.807, 2.05) is 18.2 Å². The molecule has 0 heterocycles. The molecule has 0 N–H and O–H groups in total. The predicted molar refractivity (Wildman–Crippen MR) is 300 cm³/mol. The molecule has 0 saturated carbocycles. The lowest BCUT2D eigenvalue weighted by Gasteiger charge is -2.38. The van der Waals surface area contributed by atoms with Crippen molar-refractivity contribution in [3.05, 3.63) is 86.5 Å². The van der Waals surface area contributed by atoms with Gasteiger partial charge in [-0.1, -0.05) is 122 Å². The zero-order valence-electron chi connectivity index (χ0n) is 48.5. The summed E-state index contributed by atoms with van der Waals surface area (Å²) in [6.07, 6.45) is 2.22. The third-order valence-corrected chi connectivity index (χ3v) is 30.9. The molecule has 11 heteroatoms. The minimum Gasteiger partial charge on any atom is -0.417 e. The molecular formula is C57H99O7PSi3. The van der Waals surface area contributed by atoms with Crippen LogP contribution in [0.15, 0.2) is 36.4 Å². The van der Waals surface area contributed by atoms with E-state index in [4.69, 9.17) is 26.8 Å². The second-order valence-electron chi connectivity index (χ2n) is 26.8. The molecule has 0 radical (unpaired) electrons. The maximum atomic E-state index is 16.5. The molecule has 0 amide bonds. The number of hydrogen-bond acceptors (Lipinski definition) is 7. The van der Waals surface area contributed by atoms with Crippen LogP contribution in [0, 0.1) is 41.5 Å². The summed E-state index contributed by atoms with van der Waals surface area (Å²) >= 11 is 0. The highest BCUT2D eigenvalue weighted by Crippen LogP contribution is 2.56. The van der Waals surface area contributed by atoms with E-state index in [1.165, 1.54) is 0 Å². The number of hydrogen-bond donors (Lipinski definition) is 0. The monoisotopic (exact) mass is 1010 g/mol. The first-order chi connectivity index (χ1) is 30.4. The van der Waals surface area contributed by atoms with E-state index < -0.39 is 49.0 Å². The summed E-state index contributed by atoms with van der Waals surface area (Å²) in [5.41, 5.74) is 7.74. The molecule has 0 spiro atoms. The van der Waals surface area contributed by atoms with Crippen LogP contribution >= 0.6 is 7.82 Å². The molecule has 3 aromatic carbocycles. The van der Waals surface area contributed by atoms with E-state index >= 15 is 4.57 Å². The summed E-state index contributed by atoms with van der Waals surface area (Å²) in [5, 5.41) is 0.265. The zero-order chi connectivity index (χ0) is 52.7. The number of phosphoric acid groups is 1. The summed E-state index contributed by atoms with van der Waals surface area (Å²) in [6, 6.07) is 12.5. The number of phosphoric ester groups is 1. The van der Waals surface area contributed by atoms with Gasteiger partial charge in [-0.3, -0.25) is 0 Å². The normalized spacial score (nSPS) is 14.1. The Bertz CT molecular complexity index is 2020. The molecule has 0 atom stereocenters. The summed E-state index contributed by atoms with van der Waals surface area (Å²) in [6.45, 7) is 61.9. The van der Waals surface area contributed by atoms with Crippen molar-refractivity contribution in [2.24, 2.45) is 0 Å². The van der Waals surface area contributed by atoms with Crippen molar-refractivity contribution >= 4 is 32.8 Å². The van der Waals surface area contributed by atoms with Crippen molar-refractivity contribution in [1.82, 2.24) is 0 Å². The van der Waals surface area contributed by atoms with Gasteiger partial charge in [0.1, 0.15) is 17.2 Å². The van der Waals surface area contributed by atoms with Crippen LogP contribution in [-0.4, -0.2) is 44.8 Å². The van der Waals surface area contributed by atoms with Gasteiger partial charge in [0.25, 0.3) is 0 Å². The number of benzene rings is 3. The Morgan fingerprint density at radius 1 is 0.382 bits per heavy atom. The summed E-state index contributed by atoms with van der Waals surface area (Å²) in [7, 11) is -10.6. The van der Waals surface area contributed by atoms with Crippen molar-refractivity contribution < 1.29 is 31.4 Å². The Morgan fingerprint density at radius 2 is 0.588 bits per heavy atom. The van der Waals surface area contributed by atoms with Gasteiger partial charge in [0.05, 0.1) is 0 Å². The fourth-order valence-corrected chi connectivity index (χ4v) is 13.1. The lowest BCUT2D eigenvalue weighted by Crippen LogP contribution is -2.41. The average Bonchev–Trinajstić information content (AvgIpc) is 3.08. The minimum atomic E-state index is -4.59. The molecule has 0 fully saturated rings. The van der Waals surface area contributed by atoms with Crippen LogP contribution in [0.3, 0.4) is 0 Å². The topological polar surface area (TPSA) is 72.5 Å². The van der Waals surface area contributed by atoms with Gasteiger partial charge in [-0.15, -0.1) is 0 Å². The Labute approximate surface area is 421 Å². The molecular weight excluding hydrogens is 912 g/mol. The van der Waals surface area contributed by atoms with Crippen LogP contribution in [0.4, 0.5) is 0 Å². The lowest BCUT2D eigenvalue weighted by atomic mass is 9.78. The van der Waals surface area contributed by atoms with Gasteiger partial charge in [0, 0.05) is 36.5 Å². The molecule has 0 saturated heterocycles. The van der Waals surface area contributed by atoms with Crippen LogP contribution < -0.4 is 13.6 Å². The molecule has 0 aliphatic rings. The molecule has 3 aromatic rings. The van der Waals surface area contributed by atoms with E-state index in [0.717, 1.165) is 69.3 Å². The quantitative estimate of drug-likeness (QED) is 0.0777. The van der Waals surface area contributed by atoms with E-state index in [9.17, 15) is 0 Å². The maximum Gasteiger partial charge on any atom is 0.647 e. The van der Waals surface area contributed by atoms with Crippen molar-refractivity contribution in [2.75, 3.05) is 19.8 Å². The van der Waals surface area contributed by atoms with Crippen molar-refractivity contribution in [2.45, 2.75) is 235 Å². The Morgan fingerprint density at radius 3 is 0.779 bits per heavy atom. The largest absolute Gasteiger partial charge is 0.647 e. The van der Waals surface area contributed by atoms with Gasteiger partial charge >= 0.3 is 7.82 Å². The lowest BCUT2D eigenvalue weighted by molar-refractivity contribution is 0.244. The second-order valence-corrected chi connectivity index (χ2v) is 42.7. The molecule has 3 rings (SSSR count). The zero-order valence-corrected chi connectivity index (χ0v) is 52.4. The fourth-order valence-electron chi connectivity index (χ4n) is 8.73. The van der Waals surface area contributed by atoms with Gasteiger partial charge in [0.2, 0.25) is 0 Å². The van der Waals surface area contributed by atoms with Gasteiger partial charge < -0.3 is 26.8 Å². The predicted octanol–water partition coefficient (Wildman–Crippen LogP) is 18.3. The number of aryl methyl sites for hydroxylation is 6. The molecule has 7 nitrogen and oxygen atoms in total. The molecule has 0 unspecified atom stereocenters. The molecule has 386 valence electrons. The Hall–Kier alpha value is -2.18. The minimum absolute atomic E-state index is 0.0885. The van der Waals surface area contributed by atoms with Gasteiger partial charge in [-0.05, 0) is 183 Å². The Balaban J connectivity index is 2.32. The first kappa shape index (κ1) is 60.1. The molecule has 0 aromatic heterocycles. The summed E-state index contributed by atoms with van der Waals surface area (Å²) in [4.78, 5) is 0. The SMILES string of the molecule is Cc1cc(C)c(C(C)(C)CCO[Si](C)(C)C(C)(C)C)c(OP(=O)(Oc2cc(C)cc(C)c2C(C)(C)CCO[Si](C)(C)C(C)(C)C)Oc2cc(C)cc(C)c2C(C)(C)CCO[Si](C)(C)C(C)(C)C)c1. The Kier molecular flexibility index (Phi) is 18.7. The average molecular weight is 1010 g/mol. The van der Waals surface area contributed by atoms with Gasteiger partial charge in [-0.2, -0.15) is 4.57 Å². The van der Waals surface area contributed by atoms with Crippen LogP contribution in [0.5, 0.6) is 17.2 Å². The third-order valence-electron chi connectivity index (χ3n) is 16.0. The molecule has 0 aliphatic carbocycles. The van der Waals surface area contributed by atoms with Crippen molar-refractivity contribution in [3.63, 3.8) is 0 Å². The fraction of sp³-hybridized carbons (Fsp3) is 0.684. The van der Waals surface area contributed by atoms with E-state index in [2.05, 4.69) is 203 Å². The summed E-state index contributed by atoms with van der Waals surface area (Å²) < 4.78 is 57.9. The van der Waals surface area contributed by atoms with Crippen LogP contribution in [0.2, 0.25) is 54.4 Å². The molecule has 68 heavy (non-hydrogen) atoms. The van der Waals surface area contributed by atoms with Crippen molar-refractivity contribution in [3.8, 4) is 17.2 Å². The smallest absolute Gasteiger partial charge is 0.417 e. The maximum absolute atomic E-state index is 16.5. The molecule has 0 bridgehead atoms. The molecule has 0 aliphatic heterocycles. The second kappa shape index (κ2) is 21.1. The van der Waals surface area contributed by atoms with Gasteiger partial charge in [-0.25, -0.2) is 0 Å². The van der Waals surface area contributed by atoms with E-state index in [-0.39, 0.29) is 15.1 Å².